The molecule has 1 aromatic heterocycles. The smallest absolute Gasteiger partial charge is 0.411 e. The Hall–Kier alpha value is -3.49. The summed E-state index contributed by atoms with van der Waals surface area (Å²) in [5.41, 5.74) is 6.28. The summed E-state index contributed by atoms with van der Waals surface area (Å²) in [6.45, 7) is 11.3. The Kier molecular flexibility index (Phi) is 10.6. The molecule has 3 aliphatic heterocycles. The van der Waals surface area contributed by atoms with Crippen molar-refractivity contribution in [3.05, 3.63) is 63.8 Å². The van der Waals surface area contributed by atoms with E-state index in [0.29, 0.717) is 18.0 Å². The van der Waals surface area contributed by atoms with E-state index in [9.17, 15) is 18.0 Å². The summed E-state index contributed by atoms with van der Waals surface area (Å²) in [4.78, 5) is 29.8. The van der Waals surface area contributed by atoms with E-state index in [4.69, 9.17) is 30.9 Å². The second kappa shape index (κ2) is 14.6. The van der Waals surface area contributed by atoms with Crippen LogP contribution in [0, 0.1) is 0 Å². The van der Waals surface area contributed by atoms with Crippen LogP contribution in [-0.4, -0.2) is 109 Å². The lowest BCUT2D eigenvalue weighted by Gasteiger charge is -2.36. The van der Waals surface area contributed by atoms with Gasteiger partial charge < -0.3 is 14.2 Å². The van der Waals surface area contributed by atoms with Gasteiger partial charge in [0.1, 0.15) is 11.6 Å². The van der Waals surface area contributed by atoms with Gasteiger partial charge in [-0.25, -0.2) is 18.0 Å². The van der Waals surface area contributed by atoms with Gasteiger partial charge in [0.15, 0.2) is 0 Å². The lowest BCUT2D eigenvalue weighted by Crippen LogP contribution is -2.50. The first kappa shape index (κ1) is 36.3. The maximum absolute atomic E-state index is 13.1. The van der Waals surface area contributed by atoms with Gasteiger partial charge in [-0.2, -0.15) is 9.40 Å². The molecule has 6 rings (SSSR count). The molecule has 14 heteroatoms. The van der Waals surface area contributed by atoms with Crippen molar-refractivity contribution in [1.82, 2.24) is 23.9 Å². The van der Waals surface area contributed by atoms with E-state index in [1.807, 2.05) is 36.4 Å². The van der Waals surface area contributed by atoms with Gasteiger partial charge in [0, 0.05) is 79.5 Å². The number of nitrogens with zero attached hydrogens (tertiary/aromatic N) is 5. The molecule has 3 aromatic rings. The Balaban J connectivity index is 1.32. The molecular formula is C36H46ClN5O7S. The monoisotopic (exact) mass is 727 g/mol. The summed E-state index contributed by atoms with van der Waals surface area (Å²) >= 11 is 6.83. The van der Waals surface area contributed by atoms with Crippen LogP contribution in [-0.2, 0) is 61.5 Å². The SMILES string of the molecule is COC(=O)C1Cc2cc(-c3cc(-c4nn(CCCN5CCOCC5)c5c4CN(S(C)(=O)=O)CC5)ccc3Cl)ccc2CN1C(=O)OC(C)(C)C. The van der Waals surface area contributed by atoms with Crippen molar-refractivity contribution < 1.29 is 32.2 Å². The Bertz CT molecular complexity index is 1870. The van der Waals surface area contributed by atoms with Gasteiger partial charge in [0.25, 0.3) is 0 Å². The van der Waals surface area contributed by atoms with Crippen molar-refractivity contribution in [2.75, 3.05) is 52.8 Å². The third-order valence-corrected chi connectivity index (χ3v) is 11.1. The number of hydrogen-bond acceptors (Lipinski definition) is 9. The average molecular weight is 728 g/mol. The van der Waals surface area contributed by atoms with Crippen LogP contribution in [0.2, 0.25) is 5.02 Å². The number of morpholine rings is 1. The van der Waals surface area contributed by atoms with E-state index in [2.05, 4.69) is 9.58 Å². The molecule has 1 fully saturated rings. The molecule has 0 bridgehead atoms. The molecule has 4 heterocycles. The third kappa shape index (κ3) is 8.02. The maximum atomic E-state index is 13.1. The number of esters is 1. The highest BCUT2D eigenvalue weighted by molar-refractivity contribution is 7.88. The molecule has 0 aliphatic carbocycles. The number of hydrogen-bond donors (Lipinski definition) is 0. The van der Waals surface area contributed by atoms with Gasteiger partial charge in [-0.1, -0.05) is 35.9 Å². The second-order valence-electron chi connectivity index (χ2n) is 14.2. The summed E-state index contributed by atoms with van der Waals surface area (Å²) in [7, 11) is -2.08. The summed E-state index contributed by atoms with van der Waals surface area (Å²) < 4.78 is 45.0. The first-order chi connectivity index (χ1) is 23.7. The van der Waals surface area contributed by atoms with E-state index in [1.54, 1.807) is 20.8 Å². The van der Waals surface area contributed by atoms with Gasteiger partial charge in [-0.15, -0.1) is 0 Å². The first-order valence-electron chi connectivity index (χ1n) is 17.0. The normalized spacial score (nSPS) is 18.8. The number of aromatic nitrogens is 2. The zero-order valence-corrected chi connectivity index (χ0v) is 31.0. The molecule has 0 N–H and O–H groups in total. The van der Waals surface area contributed by atoms with Crippen LogP contribution in [0.4, 0.5) is 4.79 Å². The molecule has 0 radical (unpaired) electrons. The van der Waals surface area contributed by atoms with Crippen molar-refractivity contribution >= 4 is 33.7 Å². The number of benzene rings is 2. The Labute approximate surface area is 299 Å². The van der Waals surface area contributed by atoms with Crippen LogP contribution in [0.1, 0.15) is 49.6 Å². The number of carbonyl (C=O) groups excluding carboxylic acids is 2. The van der Waals surface area contributed by atoms with Gasteiger partial charge in [-0.05, 0) is 56.0 Å². The molecule has 3 aliphatic rings. The van der Waals surface area contributed by atoms with Crippen LogP contribution in [0.15, 0.2) is 36.4 Å². The number of sulfonamides is 1. The number of fused-ring (bicyclic) bond motifs is 2. The van der Waals surface area contributed by atoms with Crippen LogP contribution in [0.25, 0.3) is 22.4 Å². The van der Waals surface area contributed by atoms with E-state index in [1.165, 1.54) is 22.6 Å². The van der Waals surface area contributed by atoms with Crippen LogP contribution >= 0.6 is 11.6 Å². The molecule has 1 amide bonds. The summed E-state index contributed by atoms with van der Waals surface area (Å²) in [6.07, 6.45) is 2.44. The predicted molar refractivity (Wildman–Crippen MR) is 190 cm³/mol. The van der Waals surface area contributed by atoms with Crippen molar-refractivity contribution in [3.63, 3.8) is 0 Å². The maximum Gasteiger partial charge on any atom is 0.411 e. The van der Waals surface area contributed by atoms with Gasteiger partial charge >= 0.3 is 12.1 Å². The summed E-state index contributed by atoms with van der Waals surface area (Å²) in [5.74, 6) is -0.514. The molecule has 1 unspecified atom stereocenters. The third-order valence-electron chi connectivity index (χ3n) is 9.50. The van der Waals surface area contributed by atoms with Gasteiger partial charge in [0.05, 0.1) is 38.8 Å². The molecule has 0 spiro atoms. The van der Waals surface area contributed by atoms with E-state index >= 15 is 0 Å². The van der Waals surface area contributed by atoms with Crippen LogP contribution in [0.3, 0.4) is 0 Å². The Morgan fingerprint density at radius 1 is 1.00 bits per heavy atom. The number of methoxy groups -OCH3 is 1. The van der Waals surface area contributed by atoms with Gasteiger partial charge in [0.2, 0.25) is 10.0 Å². The molecule has 1 saturated heterocycles. The molecule has 0 saturated carbocycles. The Morgan fingerprint density at radius 2 is 1.74 bits per heavy atom. The zero-order chi connectivity index (χ0) is 35.8. The fraction of sp³-hybridized carbons (Fsp3) is 0.528. The summed E-state index contributed by atoms with van der Waals surface area (Å²) in [6, 6.07) is 10.8. The van der Waals surface area contributed by atoms with E-state index in [0.717, 1.165) is 90.6 Å². The number of aryl methyl sites for hydroxylation is 1. The number of rotatable bonds is 8. The number of ether oxygens (including phenoxy) is 3. The summed E-state index contributed by atoms with van der Waals surface area (Å²) in [5, 5.41) is 5.64. The van der Waals surface area contributed by atoms with Gasteiger partial charge in [-0.3, -0.25) is 14.5 Å². The quantitative estimate of drug-likeness (QED) is 0.303. The lowest BCUT2D eigenvalue weighted by atomic mass is 9.90. The zero-order valence-electron chi connectivity index (χ0n) is 29.4. The molecule has 50 heavy (non-hydrogen) atoms. The Morgan fingerprint density at radius 3 is 2.44 bits per heavy atom. The van der Waals surface area contributed by atoms with E-state index < -0.39 is 33.7 Å². The predicted octanol–water partition coefficient (Wildman–Crippen LogP) is 4.75. The van der Waals surface area contributed by atoms with E-state index in [-0.39, 0.29) is 19.5 Å². The molecule has 1 atom stereocenters. The average Bonchev–Trinajstić information content (AvgIpc) is 3.44. The molecule has 2 aromatic carbocycles. The number of halogens is 1. The van der Waals surface area contributed by atoms with Crippen molar-refractivity contribution in [2.45, 2.75) is 71.3 Å². The highest BCUT2D eigenvalue weighted by Crippen LogP contribution is 2.38. The standard InChI is InChI=1S/C36H46ClN5O7S/c1-36(2,3)49-35(44)41-22-26-8-7-24(19-27(26)21-32(41)34(43)47-4)28-20-25(9-10-30(28)37)33-29-23-40(50(5,45)46)14-11-31(29)42(38-33)13-6-12-39-15-17-48-18-16-39/h7-10,19-20,32H,6,11-18,21-23H2,1-5H3. The minimum atomic E-state index is -3.40. The van der Waals surface area contributed by atoms with Crippen molar-refractivity contribution in [1.29, 1.82) is 0 Å². The molecule has 12 nitrogen and oxygen atoms in total. The lowest BCUT2D eigenvalue weighted by molar-refractivity contribution is -0.147. The first-order valence-corrected chi connectivity index (χ1v) is 19.3. The molecule has 270 valence electrons. The number of carbonyl (C=O) groups is 2. The molecular weight excluding hydrogens is 682 g/mol. The topological polar surface area (TPSA) is 124 Å². The minimum Gasteiger partial charge on any atom is -0.467 e. The fourth-order valence-corrected chi connectivity index (χ4v) is 7.95. The second-order valence-corrected chi connectivity index (χ2v) is 16.6. The van der Waals surface area contributed by atoms with Crippen molar-refractivity contribution in [3.8, 4) is 22.4 Å². The van der Waals surface area contributed by atoms with Crippen LogP contribution < -0.4 is 0 Å². The number of amides is 1. The highest BCUT2D eigenvalue weighted by atomic mass is 35.5. The minimum absolute atomic E-state index is 0.198. The van der Waals surface area contributed by atoms with Crippen LogP contribution in [0.5, 0.6) is 0 Å². The fourth-order valence-electron chi connectivity index (χ4n) is 6.94. The largest absolute Gasteiger partial charge is 0.467 e. The highest BCUT2D eigenvalue weighted by Gasteiger charge is 2.38. The van der Waals surface area contributed by atoms with Crippen molar-refractivity contribution in [2.24, 2.45) is 0 Å².